The Labute approximate surface area is 132 Å². The van der Waals surface area contributed by atoms with Gasteiger partial charge in [0, 0.05) is 0 Å². The highest BCUT2D eigenvalue weighted by molar-refractivity contribution is 7.89. The summed E-state index contributed by atoms with van der Waals surface area (Å²) in [6, 6.07) is 0. The number of alkyl halides is 6. The molecule has 8 nitrogen and oxygen atoms in total. The van der Waals surface area contributed by atoms with Crippen LogP contribution in [0.5, 0.6) is 0 Å². The molecule has 2 N–H and O–H groups in total. The van der Waals surface area contributed by atoms with E-state index < -0.39 is 61.3 Å². The lowest BCUT2D eigenvalue weighted by atomic mass is 10.2. The quantitative estimate of drug-likeness (QED) is 0.595. The number of halogens is 6. The largest absolute Gasteiger partial charge is 0.444 e. The molecule has 0 radical (unpaired) electrons. The minimum absolute atomic E-state index is 0.152. The van der Waals surface area contributed by atoms with Crippen LogP contribution in [0.4, 0.5) is 26.3 Å². The Balaban J connectivity index is 3.57. The monoisotopic (exact) mass is 410 g/mol. The van der Waals surface area contributed by atoms with E-state index in [1.807, 2.05) is 0 Å². The molecule has 0 aliphatic carbocycles. The van der Waals surface area contributed by atoms with Crippen LogP contribution in [0, 0.1) is 0 Å². The van der Waals surface area contributed by atoms with E-state index in [9.17, 15) is 48.3 Å². The van der Waals surface area contributed by atoms with Crippen LogP contribution in [-0.2, 0) is 24.8 Å². The molecule has 2 unspecified atom stereocenters. The highest BCUT2D eigenvalue weighted by atomic mass is 32.2. The molecule has 1 aliphatic heterocycles. The van der Waals surface area contributed by atoms with Gasteiger partial charge in [0.2, 0.25) is 25.8 Å². The van der Waals surface area contributed by atoms with Crippen molar-refractivity contribution in [3.8, 4) is 0 Å². The van der Waals surface area contributed by atoms with Crippen LogP contribution in [0.25, 0.3) is 0 Å². The summed E-state index contributed by atoms with van der Waals surface area (Å²) < 4.78 is 128. The summed E-state index contributed by atoms with van der Waals surface area (Å²) in [5, 5.41) is 9.36. The molecule has 0 spiro atoms. The molecule has 1 fully saturated rings. The minimum atomic E-state index is -5.82. The van der Waals surface area contributed by atoms with Gasteiger partial charge < -0.3 is 9.84 Å². The molecule has 0 bridgehead atoms. The van der Waals surface area contributed by atoms with Gasteiger partial charge in [-0.3, -0.25) is 0 Å². The first-order valence-corrected chi connectivity index (χ1v) is 9.48. The van der Waals surface area contributed by atoms with Gasteiger partial charge in [0.25, 0.3) is 5.79 Å². The van der Waals surface area contributed by atoms with E-state index in [-0.39, 0.29) is 6.26 Å². The molecule has 0 amide bonds. The van der Waals surface area contributed by atoms with Crippen molar-refractivity contribution in [1.82, 2.24) is 9.03 Å². The summed E-state index contributed by atoms with van der Waals surface area (Å²) >= 11 is 0. The van der Waals surface area contributed by atoms with Crippen molar-refractivity contribution in [2.75, 3.05) is 25.6 Å². The molecule has 0 saturated carbocycles. The highest BCUT2D eigenvalue weighted by Crippen LogP contribution is 2.50. The van der Waals surface area contributed by atoms with Gasteiger partial charge in [0.05, 0.1) is 25.6 Å². The van der Waals surface area contributed by atoms with Crippen molar-refractivity contribution in [3.63, 3.8) is 0 Å². The Hall–Kier alpha value is -0.680. The number of nitrogens with zero attached hydrogens (tertiary/aromatic N) is 1. The Morgan fingerprint density at radius 3 is 1.83 bits per heavy atom. The lowest BCUT2D eigenvalue weighted by Gasteiger charge is -2.37. The van der Waals surface area contributed by atoms with Gasteiger partial charge in [-0.25, -0.2) is 21.6 Å². The molecule has 2 atom stereocenters. The summed E-state index contributed by atoms with van der Waals surface area (Å²) in [5.74, 6) is -4.48. The highest BCUT2D eigenvalue weighted by Gasteiger charge is 2.76. The Kier molecular flexibility index (Phi) is 5.04. The van der Waals surface area contributed by atoms with Crippen molar-refractivity contribution in [1.29, 1.82) is 0 Å². The maximum Gasteiger partial charge on any atom is 0.444 e. The molecular weight excluding hydrogens is 398 g/mol. The summed E-state index contributed by atoms with van der Waals surface area (Å²) in [6.07, 6.45) is -11.1. The molecule has 16 heteroatoms. The van der Waals surface area contributed by atoms with E-state index in [1.54, 1.807) is 0 Å². The van der Waals surface area contributed by atoms with E-state index >= 15 is 0 Å². The van der Waals surface area contributed by atoms with Crippen LogP contribution in [0.3, 0.4) is 0 Å². The maximum absolute atomic E-state index is 13.4. The second kappa shape index (κ2) is 5.66. The van der Waals surface area contributed by atoms with Crippen LogP contribution >= 0.6 is 0 Å². The van der Waals surface area contributed by atoms with Gasteiger partial charge in [0.1, 0.15) is 0 Å². The van der Waals surface area contributed by atoms with Crippen LogP contribution in [-0.4, -0.2) is 75.7 Å². The maximum atomic E-state index is 13.4. The van der Waals surface area contributed by atoms with E-state index in [2.05, 4.69) is 4.74 Å². The van der Waals surface area contributed by atoms with Crippen molar-refractivity contribution in [3.05, 3.63) is 0 Å². The number of ether oxygens (including phenoxy) is 1. The van der Waals surface area contributed by atoms with Crippen LogP contribution < -0.4 is 4.72 Å². The second-order valence-electron chi connectivity index (χ2n) is 5.03. The van der Waals surface area contributed by atoms with E-state index in [0.717, 1.165) is 0 Å². The molecule has 24 heavy (non-hydrogen) atoms. The summed E-state index contributed by atoms with van der Waals surface area (Å²) in [5.41, 5.74) is -4.28. The zero-order chi connectivity index (χ0) is 19.4. The normalized spacial score (nSPS) is 30.7. The minimum Gasteiger partial charge on any atom is -0.357 e. The first-order chi connectivity index (χ1) is 10.3. The van der Waals surface area contributed by atoms with Gasteiger partial charge in [-0.15, -0.1) is 0 Å². The molecule has 1 aliphatic rings. The lowest BCUT2D eigenvalue weighted by molar-refractivity contribution is -0.396. The summed E-state index contributed by atoms with van der Waals surface area (Å²) in [6.45, 7) is -4.05. The predicted octanol–water partition coefficient (Wildman–Crippen LogP) is -0.663. The average molecular weight is 410 g/mol. The summed E-state index contributed by atoms with van der Waals surface area (Å²) in [7, 11) is -9.36. The number of aliphatic hydroxyl groups is 1. The van der Waals surface area contributed by atoms with Crippen molar-refractivity contribution < 1.29 is 53.0 Å². The molecule has 0 aromatic rings. The number of hydrogen-bond donors (Lipinski definition) is 2. The van der Waals surface area contributed by atoms with Gasteiger partial charge in [-0.2, -0.15) is 30.6 Å². The van der Waals surface area contributed by atoms with Gasteiger partial charge in [-0.05, 0) is 0 Å². The SMILES string of the molecule is CS(=O)(=O)NCC1(C(F)(F)F)OC(O)(C(F)(F)F)CN1S(C)(=O)=O. The topological polar surface area (TPSA) is 113 Å². The third-order valence-electron chi connectivity index (χ3n) is 2.96. The zero-order valence-corrected chi connectivity index (χ0v) is 13.6. The predicted molar refractivity (Wildman–Crippen MR) is 65.3 cm³/mol. The van der Waals surface area contributed by atoms with Crippen LogP contribution in [0.15, 0.2) is 0 Å². The Bertz CT molecular complexity index is 704. The van der Waals surface area contributed by atoms with Crippen molar-refractivity contribution in [2.45, 2.75) is 23.9 Å². The first-order valence-electron chi connectivity index (χ1n) is 5.74. The Morgan fingerprint density at radius 2 is 1.54 bits per heavy atom. The fraction of sp³-hybridized carbons (Fsp3) is 1.00. The zero-order valence-electron chi connectivity index (χ0n) is 11.9. The second-order valence-corrected chi connectivity index (χ2v) is 8.77. The molecule has 0 aromatic heterocycles. The molecule has 1 rings (SSSR count). The first kappa shape index (κ1) is 21.4. The van der Waals surface area contributed by atoms with Crippen LogP contribution in [0.1, 0.15) is 0 Å². The van der Waals surface area contributed by atoms with E-state index in [1.165, 1.54) is 4.72 Å². The number of sulfonamides is 2. The third kappa shape index (κ3) is 3.93. The summed E-state index contributed by atoms with van der Waals surface area (Å²) in [4.78, 5) is 0. The fourth-order valence-electron chi connectivity index (χ4n) is 1.87. The molecule has 144 valence electrons. The third-order valence-corrected chi connectivity index (χ3v) is 4.85. The van der Waals surface area contributed by atoms with Crippen molar-refractivity contribution >= 4 is 20.0 Å². The standard InChI is InChI=1S/C8H12F6N2O6S2/c1-23(18,19)15-3-5(7(9,10)11)16(24(2,20)21)4-6(17,22-5)8(12,13)14/h15,17H,3-4H2,1-2H3. The molecular formula is C8H12F6N2O6S2. The van der Waals surface area contributed by atoms with Gasteiger partial charge in [0.15, 0.2) is 0 Å². The fourth-order valence-corrected chi connectivity index (χ4v) is 3.48. The molecule has 0 aromatic carbocycles. The number of nitrogens with one attached hydrogen (secondary N) is 1. The number of β-amino-alcohol motifs (C(OH)–C–C–N with tert-alkyl or cyclic N) is 1. The smallest absolute Gasteiger partial charge is 0.357 e. The number of hydrogen-bond acceptors (Lipinski definition) is 6. The van der Waals surface area contributed by atoms with Gasteiger partial charge in [-0.1, -0.05) is 0 Å². The number of rotatable bonds is 4. The van der Waals surface area contributed by atoms with Gasteiger partial charge >= 0.3 is 12.4 Å². The van der Waals surface area contributed by atoms with E-state index in [0.29, 0.717) is 6.26 Å². The van der Waals surface area contributed by atoms with E-state index in [4.69, 9.17) is 0 Å². The van der Waals surface area contributed by atoms with Crippen molar-refractivity contribution in [2.24, 2.45) is 0 Å². The lowest BCUT2D eigenvalue weighted by Crippen LogP contribution is -2.63. The molecule has 1 heterocycles. The average Bonchev–Trinajstić information content (AvgIpc) is 2.60. The Morgan fingerprint density at radius 1 is 1.08 bits per heavy atom. The molecule has 1 saturated heterocycles. The van der Waals surface area contributed by atoms with Crippen LogP contribution in [0.2, 0.25) is 0 Å².